The molecule has 0 aliphatic rings. The van der Waals surface area contributed by atoms with Gasteiger partial charge in [0.25, 0.3) is 0 Å². The highest BCUT2D eigenvalue weighted by molar-refractivity contribution is 7.99. The van der Waals surface area contributed by atoms with E-state index < -0.39 is 6.29 Å². The number of nitrogens with zero attached hydrogens (tertiary/aromatic N) is 2. The molecule has 2 aromatic carbocycles. The van der Waals surface area contributed by atoms with E-state index in [0.29, 0.717) is 23.3 Å². The number of ether oxygens (including phenoxy) is 5. The Labute approximate surface area is 225 Å². The average molecular weight is 551 g/mol. The fourth-order valence-electron chi connectivity index (χ4n) is 3.09. The molecule has 10 heteroatoms. The number of thioether (sulfide) groups is 1. The van der Waals surface area contributed by atoms with Crippen molar-refractivity contribution in [2.45, 2.75) is 17.6 Å². The van der Waals surface area contributed by atoms with E-state index in [9.17, 15) is 0 Å². The van der Waals surface area contributed by atoms with E-state index in [1.165, 1.54) is 0 Å². The summed E-state index contributed by atoms with van der Waals surface area (Å²) in [6.45, 7) is 0.291. The van der Waals surface area contributed by atoms with Crippen LogP contribution in [0.15, 0.2) is 65.7 Å². The van der Waals surface area contributed by atoms with Crippen LogP contribution < -0.4 is 4.74 Å². The predicted octanol–water partition coefficient (Wildman–Crippen LogP) is 6.49. The first kappa shape index (κ1) is 28.4. The van der Waals surface area contributed by atoms with E-state index in [-0.39, 0.29) is 6.29 Å². The maximum Gasteiger partial charge on any atom is 0.213 e. The quantitative estimate of drug-likeness (QED) is 0.164. The van der Waals surface area contributed by atoms with Crippen LogP contribution in [-0.2, 0) is 18.9 Å². The highest BCUT2D eigenvalue weighted by atomic mass is 35.5. The van der Waals surface area contributed by atoms with Gasteiger partial charge < -0.3 is 23.7 Å². The van der Waals surface area contributed by atoms with E-state index in [1.807, 2.05) is 48.5 Å². The van der Waals surface area contributed by atoms with Crippen molar-refractivity contribution in [1.82, 2.24) is 9.97 Å². The molecule has 192 valence electrons. The molecule has 2 aromatic heterocycles. The minimum Gasteiger partial charge on any atom is -0.472 e. The van der Waals surface area contributed by atoms with Crippen LogP contribution in [0.1, 0.15) is 0 Å². The summed E-state index contributed by atoms with van der Waals surface area (Å²) < 4.78 is 25.8. The second kappa shape index (κ2) is 14.5. The number of fused-ring (bicyclic) bond motifs is 2. The lowest BCUT2D eigenvalue weighted by Gasteiger charge is -2.13. The van der Waals surface area contributed by atoms with Crippen LogP contribution >= 0.6 is 35.0 Å². The molecule has 4 rings (SSSR count). The van der Waals surface area contributed by atoms with E-state index >= 15 is 0 Å². The second-order valence-electron chi connectivity index (χ2n) is 7.40. The van der Waals surface area contributed by atoms with Gasteiger partial charge in [0.2, 0.25) is 5.88 Å². The summed E-state index contributed by atoms with van der Waals surface area (Å²) in [4.78, 5) is 8.91. The molecule has 0 bridgehead atoms. The van der Waals surface area contributed by atoms with Crippen LogP contribution in [0.2, 0.25) is 10.0 Å². The van der Waals surface area contributed by atoms with Crippen molar-refractivity contribution in [1.29, 1.82) is 0 Å². The van der Waals surface area contributed by atoms with Gasteiger partial charge in [-0.1, -0.05) is 29.3 Å². The molecule has 0 amide bonds. The van der Waals surface area contributed by atoms with Crippen LogP contribution in [0.5, 0.6) is 5.88 Å². The number of benzene rings is 2. The van der Waals surface area contributed by atoms with Gasteiger partial charge in [-0.2, -0.15) is 0 Å². The molecule has 0 spiro atoms. The molecule has 0 atom stereocenters. The van der Waals surface area contributed by atoms with Gasteiger partial charge >= 0.3 is 0 Å². The first-order valence-corrected chi connectivity index (χ1v) is 12.7. The molecule has 4 aromatic rings. The number of hydrogen-bond donors (Lipinski definition) is 0. The zero-order valence-electron chi connectivity index (χ0n) is 20.4. The standard InChI is InChI=1S/C13H14ClNO3.C13H14ClNO2S/c2*1-16-13(17-2)8-18-12-6-3-9-7-10(14)4-5-11(9)15-12/h2*3-7,13H,8H2,1-2H3. The topological polar surface area (TPSA) is 71.9 Å². The van der Waals surface area contributed by atoms with Gasteiger partial charge in [0.15, 0.2) is 12.6 Å². The number of halogens is 2. The molecule has 0 radical (unpaired) electrons. The van der Waals surface area contributed by atoms with Gasteiger partial charge in [-0.15, -0.1) is 11.8 Å². The van der Waals surface area contributed by atoms with Gasteiger partial charge in [0, 0.05) is 55.3 Å². The third kappa shape index (κ3) is 8.45. The van der Waals surface area contributed by atoms with E-state index in [4.69, 9.17) is 46.9 Å². The summed E-state index contributed by atoms with van der Waals surface area (Å²) in [5.74, 6) is 1.24. The van der Waals surface area contributed by atoms with Crippen LogP contribution in [0, 0.1) is 0 Å². The van der Waals surface area contributed by atoms with Crippen LogP contribution in [-0.4, -0.2) is 63.3 Å². The van der Waals surface area contributed by atoms with Crippen LogP contribution in [0.25, 0.3) is 21.8 Å². The fraction of sp³-hybridized carbons (Fsp3) is 0.308. The van der Waals surface area contributed by atoms with Gasteiger partial charge in [-0.25, -0.2) is 9.97 Å². The van der Waals surface area contributed by atoms with Gasteiger partial charge in [0.1, 0.15) is 6.61 Å². The maximum atomic E-state index is 5.93. The Hall–Kier alpha value is -2.17. The Bertz CT molecular complexity index is 1160. The van der Waals surface area contributed by atoms with Crippen LogP contribution in [0.3, 0.4) is 0 Å². The molecule has 36 heavy (non-hydrogen) atoms. The van der Waals surface area contributed by atoms with Crippen molar-refractivity contribution >= 4 is 56.8 Å². The lowest BCUT2D eigenvalue weighted by atomic mass is 10.2. The number of rotatable bonds is 10. The largest absolute Gasteiger partial charge is 0.472 e. The van der Waals surface area contributed by atoms with Gasteiger partial charge in [-0.3, -0.25) is 0 Å². The first-order chi connectivity index (χ1) is 17.4. The first-order valence-electron chi connectivity index (χ1n) is 10.9. The minimum atomic E-state index is -0.396. The maximum absolute atomic E-state index is 5.93. The lowest BCUT2D eigenvalue weighted by molar-refractivity contribution is -0.122. The highest BCUT2D eigenvalue weighted by Crippen LogP contribution is 2.23. The third-order valence-corrected chi connectivity index (χ3v) is 6.47. The Kier molecular flexibility index (Phi) is 11.5. The average Bonchev–Trinajstić information content (AvgIpc) is 2.90. The number of hydrogen-bond acceptors (Lipinski definition) is 8. The fourth-order valence-corrected chi connectivity index (χ4v) is 4.35. The molecule has 0 fully saturated rings. The smallest absolute Gasteiger partial charge is 0.213 e. The normalized spacial score (nSPS) is 11.2. The van der Waals surface area contributed by atoms with Crippen molar-refractivity contribution < 1.29 is 23.7 Å². The summed E-state index contributed by atoms with van der Waals surface area (Å²) in [6, 6.07) is 18.9. The SMILES string of the molecule is COC(COc1ccc2cc(Cl)ccc2n1)OC.COC(CSc1ccc2cc(Cl)ccc2n1)OC. The summed E-state index contributed by atoms with van der Waals surface area (Å²) in [5, 5.41) is 4.39. The molecule has 7 nitrogen and oxygen atoms in total. The monoisotopic (exact) mass is 550 g/mol. The van der Waals surface area contributed by atoms with Crippen molar-refractivity contribution in [2.75, 3.05) is 40.8 Å². The molecule has 2 heterocycles. The third-order valence-electron chi connectivity index (χ3n) is 5.04. The van der Waals surface area contributed by atoms with Crippen molar-refractivity contribution in [3.8, 4) is 5.88 Å². The van der Waals surface area contributed by atoms with Gasteiger partial charge in [0.05, 0.1) is 21.8 Å². The molecule has 0 saturated carbocycles. The molecular weight excluding hydrogens is 523 g/mol. The van der Waals surface area contributed by atoms with Crippen molar-refractivity contribution in [2.24, 2.45) is 0 Å². The summed E-state index contributed by atoms with van der Waals surface area (Å²) >= 11 is 13.4. The van der Waals surface area contributed by atoms with Gasteiger partial charge in [-0.05, 0) is 48.5 Å². The molecule has 0 saturated heterocycles. The molecule has 0 aliphatic carbocycles. The Balaban J connectivity index is 0.000000201. The van der Waals surface area contributed by atoms with Crippen LogP contribution in [0.4, 0.5) is 0 Å². The molecule has 0 N–H and O–H groups in total. The zero-order valence-corrected chi connectivity index (χ0v) is 22.8. The Morgan fingerprint density at radius 1 is 0.694 bits per heavy atom. The summed E-state index contributed by atoms with van der Waals surface area (Å²) in [6.07, 6.45) is -0.606. The number of pyridine rings is 2. The predicted molar refractivity (Wildman–Crippen MR) is 145 cm³/mol. The Morgan fingerprint density at radius 3 is 1.83 bits per heavy atom. The molecule has 0 aliphatic heterocycles. The molecule has 0 unspecified atom stereocenters. The van der Waals surface area contributed by atoms with E-state index in [0.717, 1.165) is 31.9 Å². The van der Waals surface area contributed by atoms with Crippen molar-refractivity contribution in [3.05, 3.63) is 70.7 Å². The van der Waals surface area contributed by atoms with E-state index in [1.54, 1.807) is 52.3 Å². The summed E-state index contributed by atoms with van der Waals surface area (Å²) in [5.41, 5.74) is 1.78. The molecular formula is C26H28Cl2N2O5S. The zero-order chi connectivity index (χ0) is 25.9. The van der Waals surface area contributed by atoms with E-state index in [2.05, 4.69) is 9.97 Å². The summed E-state index contributed by atoms with van der Waals surface area (Å²) in [7, 11) is 6.38. The Morgan fingerprint density at radius 2 is 1.25 bits per heavy atom. The number of aromatic nitrogens is 2. The lowest BCUT2D eigenvalue weighted by Crippen LogP contribution is -2.22. The second-order valence-corrected chi connectivity index (χ2v) is 9.31. The number of methoxy groups -OCH3 is 4. The highest BCUT2D eigenvalue weighted by Gasteiger charge is 2.08. The van der Waals surface area contributed by atoms with Crippen molar-refractivity contribution in [3.63, 3.8) is 0 Å². The minimum absolute atomic E-state index is 0.210.